The Hall–Kier alpha value is -2.75. The number of hydrogen-bond donors (Lipinski definition) is 0. The Labute approximate surface area is 163 Å². The van der Waals surface area contributed by atoms with Gasteiger partial charge in [0.15, 0.2) is 0 Å². The fraction of sp³-hybridized carbons (Fsp3) is 0.611. The Morgan fingerprint density at radius 3 is 2.64 bits per heavy atom. The van der Waals surface area contributed by atoms with Crippen molar-refractivity contribution in [3.63, 3.8) is 0 Å². The van der Waals surface area contributed by atoms with Crippen molar-refractivity contribution in [3.8, 4) is 0 Å². The molecule has 1 aliphatic heterocycles. The van der Waals surface area contributed by atoms with Crippen LogP contribution in [0.2, 0.25) is 0 Å². The number of methoxy groups -OCH3 is 1. The number of anilines is 1. The Morgan fingerprint density at radius 2 is 1.96 bits per heavy atom. The first kappa shape index (κ1) is 20.0. The lowest BCUT2D eigenvalue weighted by Gasteiger charge is -2.36. The number of aryl methyl sites for hydroxylation is 1. The molecule has 2 aromatic heterocycles. The third kappa shape index (κ3) is 4.22. The summed E-state index contributed by atoms with van der Waals surface area (Å²) in [5.74, 6) is 1.15. The number of hydrogen-bond acceptors (Lipinski definition) is 8. The van der Waals surface area contributed by atoms with Gasteiger partial charge in [0.05, 0.1) is 6.61 Å². The normalized spacial score (nSPS) is 14.5. The number of nitrogens with zero attached hydrogens (tertiary/aromatic N) is 6. The van der Waals surface area contributed by atoms with Crippen LogP contribution in [0, 0.1) is 6.92 Å². The van der Waals surface area contributed by atoms with Gasteiger partial charge in [-0.1, -0.05) is 0 Å². The number of carbonyl (C=O) groups is 2. The maximum absolute atomic E-state index is 12.1. The topological polar surface area (TPSA) is 102 Å². The molecule has 10 nitrogen and oxygen atoms in total. The van der Waals surface area contributed by atoms with Gasteiger partial charge in [-0.2, -0.15) is 14.6 Å². The molecule has 0 saturated carbocycles. The molecule has 0 N–H and O–H groups in total. The van der Waals surface area contributed by atoms with E-state index in [1.807, 2.05) is 6.92 Å². The molecule has 0 aromatic carbocycles. The number of rotatable bonds is 7. The maximum atomic E-state index is 12.1. The summed E-state index contributed by atoms with van der Waals surface area (Å²) in [6.07, 6.45) is 2.25. The molecule has 0 spiro atoms. The van der Waals surface area contributed by atoms with Crippen molar-refractivity contribution < 1.29 is 19.1 Å². The molecule has 1 amide bonds. The maximum Gasteiger partial charge on any atom is 0.306 e. The number of aromatic nitrogens is 4. The number of amides is 1. The van der Waals surface area contributed by atoms with Gasteiger partial charge >= 0.3 is 5.97 Å². The van der Waals surface area contributed by atoms with Crippen LogP contribution in [0.25, 0.3) is 5.78 Å². The zero-order chi connectivity index (χ0) is 20.1. The third-order valence-electron chi connectivity index (χ3n) is 4.79. The summed E-state index contributed by atoms with van der Waals surface area (Å²) in [7, 11) is 1.52. The molecule has 3 heterocycles. The Morgan fingerprint density at radius 1 is 1.21 bits per heavy atom. The Bertz CT molecular complexity index is 844. The van der Waals surface area contributed by atoms with E-state index >= 15 is 0 Å². The molecular formula is C18H26N6O4. The number of ether oxygens (including phenoxy) is 2. The SMILES string of the molecule is CCOC(=O)CCc1c(C)nc2ncnn2c1N1CCN(C(=O)COC)CC1. The van der Waals surface area contributed by atoms with Crippen molar-refractivity contribution in [1.82, 2.24) is 24.5 Å². The standard InChI is InChI=1S/C18H26N6O4/c1-4-28-16(26)6-5-14-13(2)21-18-19-12-20-24(18)17(14)23-9-7-22(8-10-23)15(25)11-27-3/h12H,4-11H2,1-3H3. The number of carbonyl (C=O) groups excluding carboxylic acids is 2. The predicted molar refractivity (Wildman–Crippen MR) is 101 cm³/mol. The summed E-state index contributed by atoms with van der Waals surface area (Å²) < 4.78 is 11.7. The van der Waals surface area contributed by atoms with Crippen molar-refractivity contribution in [3.05, 3.63) is 17.6 Å². The van der Waals surface area contributed by atoms with Crippen LogP contribution < -0.4 is 4.90 Å². The monoisotopic (exact) mass is 390 g/mol. The average Bonchev–Trinajstić information content (AvgIpc) is 3.14. The molecule has 0 radical (unpaired) electrons. The van der Waals surface area contributed by atoms with Crippen LogP contribution in [-0.2, 0) is 25.5 Å². The molecule has 152 valence electrons. The van der Waals surface area contributed by atoms with Gasteiger partial charge in [0, 0.05) is 51.0 Å². The van der Waals surface area contributed by atoms with Gasteiger partial charge in [-0.3, -0.25) is 9.59 Å². The second-order valence-electron chi connectivity index (χ2n) is 6.58. The van der Waals surface area contributed by atoms with E-state index in [-0.39, 0.29) is 24.9 Å². The fourth-order valence-electron chi connectivity index (χ4n) is 3.43. The minimum absolute atomic E-state index is 0.0125. The lowest BCUT2D eigenvalue weighted by Crippen LogP contribution is -2.50. The highest BCUT2D eigenvalue weighted by Gasteiger charge is 2.26. The van der Waals surface area contributed by atoms with Crippen LogP contribution in [0.4, 0.5) is 5.82 Å². The molecule has 1 aliphatic rings. The van der Waals surface area contributed by atoms with E-state index in [0.717, 1.165) is 17.1 Å². The number of piperazine rings is 1. The average molecular weight is 390 g/mol. The largest absolute Gasteiger partial charge is 0.466 e. The first-order chi connectivity index (χ1) is 13.5. The highest BCUT2D eigenvalue weighted by molar-refractivity contribution is 5.77. The molecule has 2 aromatic rings. The molecule has 1 fully saturated rings. The van der Waals surface area contributed by atoms with Crippen molar-refractivity contribution in [2.24, 2.45) is 0 Å². The van der Waals surface area contributed by atoms with Gasteiger partial charge in [0.25, 0.3) is 5.78 Å². The molecule has 0 bridgehead atoms. The molecular weight excluding hydrogens is 364 g/mol. The highest BCUT2D eigenvalue weighted by atomic mass is 16.5. The van der Waals surface area contributed by atoms with E-state index in [1.165, 1.54) is 13.4 Å². The lowest BCUT2D eigenvalue weighted by molar-refractivity contribution is -0.143. The smallest absolute Gasteiger partial charge is 0.306 e. The number of esters is 1. The second-order valence-corrected chi connectivity index (χ2v) is 6.58. The minimum Gasteiger partial charge on any atom is -0.466 e. The van der Waals surface area contributed by atoms with Crippen molar-refractivity contribution >= 4 is 23.5 Å². The molecule has 3 rings (SSSR count). The molecule has 1 saturated heterocycles. The molecule has 0 atom stereocenters. The van der Waals surface area contributed by atoms with Gasteiger partial charge < -0.3 is 19.3 Å². The van der Waals surface area contributed by atoms with E-state index < -0.39 is 0 Å². The van der Waals surface area contributed by atoms with E-state index in [0.29, 0.717) is 45.0 Å². The van der Waals surface area contributed by atoms with Gasteiger partial charge in [-0.25, -0.2) is 4.98 Å². The fourth-order valence-corrected chi connectivity index (χ4v) is 3.43. The second kappa shape index (κ2) is 8.96. The minimum atomic E-state index is -0.235. The number of fused-ring (bicyclic) bond motifs is 1. The predicted octanol–water partition coefficient (Wildman–Crippen LogP) is 0.223. The van der Waals surface area contributed by atoms with E-state index in [9.17, 15) is 9.59 Å². The van der Waals surface area contributed by atoms with Gasteiger partial charge in [0.1, 0.15) is 18.8 Å². The zero-order valence-corrected chi connectivity index (χ0v) is 16.6. The summed E-state index contributed by atoms with van der Waals surface area (Å²) in [6.45, 7) is 6.66. The van der Waals surface area contributed by atoms with Crippen LogP contribution in [0.5, 0.6) is 0 Å². The van der Waals surface area contributed by atoms with Crippen LogP contribution in [0.1, 0.15) is 24.6 Å². The first-order valence-corrected chi connectivity index (χ1v) is 9.41. The van der Waals surface area contributed by atoms with E-state index in [4.69, 9.17) is 9.47 Å². The zero-order valence-electron chi connectivity index (χ0n) is 16.6. The molecule has 10 heteroatoms. The van der Waals surface area contributed by atoms with E-state index in [1.54, 1.807) is 16.3 Å². The Balaban J connectivity index is 1.85. The molecule has 28 heavy (non-hydrogen) atoms. The van der Waals surface area contributed by atoms with Crippen LogP contribution in [0.15, 0.2) is 6.33 Å². The van der Waals surface area contributed by atoms with Crippen LogP contribution >= 0.6 is 0 Å². The van der Waals surface area contributed by atoms with Crippen molar-refractivity contribution in [1.29, 1.82) is 0 Å². The van der Waals surface area contributed by atoms with Gasteiger partial charge in [0.2, 0.25) is 5.91 Å². The van der Waals surface area contributed by atoms with Crippen molar-refractivity contribution in [2.75, 3.05) is 51.4 Å². The summed E-state index contributed by atoms with van der Waals surface area (Å²) in [5, 5.41) is 4.33. The third-order valence-corrected chi connectivity index (χ3v) is 4.79. The summed E-state index contributed by atoms with van der Waals surface area (Å²) in [6, 6.07) is 0. The van der Waals surface area contributed by atoms with Gasteiger partial charge in [-0.15, -0.1) is 0 Å². The van der Waals surface area contributed by atoms with Crippen LogP contribution in [-0.4, -0.2) is 82.9 Å². The summed E-state index contributed by atoms with van der Waals surface area (Å²) in [4.78, 5) is 36.6. The Kier molecular flexibility index (Phi) is 6.40. The quantitative estimate of drug-likeness (QED) is 0.619. The van der Waals surface area contributed by atoms with E-state index in [2.05, 4.69) is 20.0 Å². The molecule has 0 aliphatic carbocycles. The summed E-state index contributed by atoms with van der Waals surface area (Å²) in [5.41, 5.74) is 1.76. The summed E-state index contributed by atoms with van der Waals surface area (Å²) >= 11 is 0. The van der Waals surface area contributed by atoms with Crippen LogP contribution in [0.3, 0.4) is 0 Å². The van der Waals surface area contributed by atoms with Crippen molar-refractivity contribution in [2.45, 2.75) is 26.7 Å². The van der Waals surface area contributed by atoms with Gasteiger partial charge in [-0.05, 0) is 20.3 Å². The highest BCUT2D eigenvalue weighted by Crippen LogP contribution is 2.26. The molecule has 0 unspecified atom stereocenters. The first-order valence-electron chi connectivity index (χ1n) is 9.41. The lowest BCUT2D eigenvalue weighted by atomic mass is 10.1.